The Hall–Kier alpha value is -2.64. The van der Waals surface area contributed by atoms with E-state index in [2.05, 4.69) is 29.2 Å². The number of halogens is 1. The van der Waals surface area contributed by atoms with E-state index in [0.29, 0.717) is 22.8 Å². The van der Waals surface area contributed by atoms with E-state index in [4.69, 9.17) is 22.3 Å². The van der Waals surface area contributed by atoms with E-state index >= 15 is 0 Å². The van der Waals surface area contributed by atoms with Gasteiger partial charge in [-0.1, -0.05) is 37.9 Å². The smallest absolute Gasteiger partial charge is 0.202 e. The minimum absolute atomic E-state index is 0.00856. The van der Waals surface area contributed by atoms with Gasteiger partial charge in [-0.15, -0.1) is 5.10 Å². The summed E-state index contributed by atoms with van der Waals surface area (Å²) in [6.07, 6.45) is 5.92. The van der Waals surface area contributed by atoms with Crippen LogP contribution in [0.1, 0.15) is 33.6 Å². The molecule has 8 heteroatoms. The van der Waals surface area contributed by atoms with Crippen molar-refractivity contribution < 1.29 is 4.79 Å². The Labute approximate surface area is 182 Å². The highest BCUT2D eigenvalue weighted by molar-refractivity contribution is 6.49. The molecule has 3 rings (SSSR count). The van der Waals surface area contributed by atoms with Crippen LogP contribution in [0, 0.1) is 0 Å². The number of likely N-dealkylation sites (N-methyl/N-ethyl adjacent to an activating group) is 1. The number of carbonyl (C=O) groups is 1. The van der Waals surface area contributed by atoms with Crippen molar-refractivity contribution in [3.8, 4) is 0 Å². The van der Waals surface area contributed by atoms with Gasteiger partial charge < -0.3 is 16.0 Å². The van der Waals surface area contributed by atoms with Crippen LogP contribution < -0.4 is 11.1 Å². The summed E-state index contributed by atoms with van der Waals surface area (Å²) in [5.41, 5.74) is 8.77. The molecule has 0 radical (unpaired) electrons. The number of hydrogen-bond donors (Lipinski definition) is 2. The van der Waals surface area contributed by atoms with Gasteiger partial charge in [0.25, 0.3) is 0 Å². The number of nitrogens with zero attached hydrogens (tertiary/aromatic N) is 4. The molecule has 7 nitrogen and oxygen atoms in total. The van der Waals surface area contributed by atoms with Gasteiger partial charge in [-0.3, -0.25) is 4.79 Å². The first-order chi connectivity index (χ1) is 14.5. The number of unbranched alkanes of at least 4 members (excludes halogenated alkanes) is 1. The van der Waals surface area contributed by atoms with E-state index in [1.165, 1.54) is 12.8 Å². The number of nitrogens with two attached hydrogens (primary N) is 1. The zero-order valence-electron chi connectivity index (χ0n) is 17.8. The van der Waals surface area contributed by atoms with Crippen LogP contribution in [0.5, 0.6) is 0 Å². The maximum Gasteiger partial charge on any atom is 0.202 e. The van der Waals surface area contributed by atoms with Crippen molar-refractivity contribution in [2.24, 2.45) is 10.7 Å². The molecule has 0 aliphatic heterocycles. The van der Waals surface area contributed by atoms with E-state index in [0.717, 1.165) is 31.7 Å². The number of allylic oxidation sites excluding steroid dienone is 3. The molecule has 0 saturated heterocycles. The SMILES string of the molecule is CCCCN(CC)CCNc1nn2ccccc2c1N=C1C=C(C)C(=O)C(Cl)=C1N. The van der Waals surface area contributed by atoms with E-state index < -0.39 is 0 Å². The van der Waals surface area contributed by atoms with Crippen molar-refractivity contribution in [1.29, 1.82) is 0 Å². The zero-order chi connectivity index (χ0) is 21.7. The Morgan fingerprint density at radius 3 is 2.83 bits per heavy atom. The quantitative estimate of drug-likeness (QED) is 0.592. The molecule has 2 aromatic rings. The van der Waals surface area contributed by atoms with Crippen molar-refractivity contribution in [3.63, 3.8) is 0 Å². The molecule has 0 amide bonds. The summed E-state index contributed by atoms with van der Waals surface area (Å²) in [5, 5.41) is 8.07. The summed E-state index contributed by atoms with van der Waals surface area (Å²) in [6, 6.07) is 5.80. The van der Waals surface area contributed by atoms with E-state index in [9.17, 15) is 4.79 Å². The van der Waals surface area contributed by atoms with Crippen LogP contribution in [0.2, 0.25) is 0 Å². The molecule has 0 atom stereocenters. The summed E-state index contributed by atoms with van der Waals surface area (Å²) < 4.78 is 1.78. The second-order valence-corrected chi connectivity index (χ2v) is 7.70. The average Bonchev–Trinajstić information content (AvgIpc) is 3.10. The molecule has 0 unspecified atom stereocenters. The molecule has 0 bridgehead atoms. The molecule has 1 aliphatic carbocycles. The number of aliphatic imine (C=N–C) groups is 1. The maximum atomic E-state index is 12.0. The van der Waals surface area contributed by atoms with Gasteiger partial charge >= 0.3 is 0 Å². The molecule has 0 fully saturated rings. The average molecular weight is 429 g/mol. The number of carbonyl (C=O) groups excluding carboxylic acids is 1. The minimum Gasteiger partial charge on any atom is -0.396 e. The third-order valence-corrected chi connectivity index (χ3v) is 5.54. The fraction of sp³-hybridized carbons (Fsp3) is 0.409. The van der Waals surface area contributed by atoms with Gasteiger partial charge in [0, 0.05) is 24.9 Å². The van der Waals surface area contributed by atoms with Gasteiger partial charge in [0.1, 0.15) is 10.7 Å². The molecular weight excluding hydrogens is 400 g/mol. The van der Waals surface area contributed by atoms with Gasteiger partial charge in [-0.25, -0.2) is 9.51 Å². The van der Waals surface area contributed by atoms with Crippen molar-refractivity contribution >= 4 is 40.1 Å². The van der Waals surface area contributed by atoms with Gasteiger partial charge in [0.05, 0.1) is 16.9 Å². The highest BCUT2D eigenvalue weighted by Crippen LogP contribution is 2.31. The first-order valence-corrected chi connectivity index (χ1v) is 10.7. The lowest BCUT2D eigenvalue weighted by Gasteiger charge is -2.20. The Balaban J connectivity index is 1.90. The summed E-state index contributed by atoms with van der Waals surface area (Å²) in [7, 11) is 0. The molecule has 30 heavy (non-hydrogen) atoms. The summed E-state index contributed by atoms with van der Waals surface area (Å²) in [6.45, 7) is 9.86. The Morgan fingerprint density at radius 2 is 2.10 bits per heavy atom. The Bertz CT molecular complexity index is 1020. The van der Waals surface area contributed by atoms with Gasteiger partial charge in [0.2, 0.25) is 5.78 Å². The van der Waals surface area contributed by atoms with Crippen molar-refractivity contribution in [3.05, 3.63) is 46.8 Å². The number of rotatable bonds is 9. The zero-order valence-corrected chi connectivity index (χ0v) is 18.5. The monoisotopic (exact) mass is 428 g/mol. The Kier molecular flexibility index (Phi) is 7.29. The van der Waals surface area contributed by atoms with Crippen LogP contribution in [-0.2, 0) is 4.79 Å². The first-order valence-electron chi connectivity index (χ1n) is 10.4. The number of anilines is 1. The second kappa shape index (κ2) is 9.91. The fourth-order valence-corrected chi connectivity index (χ4v) is 3.57. The molecule has 160 valence electrons. The largest absolute Gasteiger partial charge is 0.396 e. The number of fused-ring (bicyclic) bond motifs is 1. The van der Waals surface area contributed by atoms with Crippen LogP contribution >= 0.6 is 11.6 Å². The number of aromatic nitrogens is 2. The van der Waals surface area contributed by atoms with Crippen molar-refractivity contribution in [2.75, 3.05) is 31.5 Å². The van der Waals surface area contributed by atoms with E-state index in [-0.39, 0.29) is 16.5 Å². The van der Waals surface area contributed by atoms with Crippen molar-refractivity contribution in [1.82, 2.24) is 14.5 Å². The minimum atomic E-state index is -0.266. The standard InChI is InChI=1S/C22H29ClN6O/c1-4-6-11-28(5-2)13-10-25-22-20(17-9-7-8-12-29(17)27-22)26-16-14-15(3)21(30)18(23)19(16)24/h7-9,12,14H,4-6,10-11,13,24H2,1-3H3,(H,25,27). The number of ketones is 1. The summed E-state index contributed by atoms with van der Waals surface area (Å²) in [5.74, 6) is 0.408. The lowest BCUT2D eigenvalue weighted by atomic mass is 10.0. The summed E-state index contributed by atoms with van der Waals surface area (Å²) >= 11 is 6.12. The van der Waals surface area contributed by atoms with E-state index in [1.807, 2.05) is 24.4 Å². The molecule has 0 saturated carbocycles. The van der Waals surface area contributed by atoms with Crippen LogP contribution in [0.3, 0.4) is 0 Å². The number of pyridine rings is 1. The predicted octanol–water partition coefficient (Wildman–Crippen LogP) is 3.88. The molecular formula is C22H29ClN6O. The predicted molar refractivity (Wildman–Crippen MR) is 124 cm³/mol. The van der Waals surface area contributed by atoms with Gasteiger partial charge in [-0.05, 0) is 44.6 Å². The number of nitrogens with one attached hydrogen (secondary N) is 1. The third kappa shape index (κ3) is 4.74. The first kappa shape index (κ1) is 22.1. The number of Topliss-reactive ketones (excluding diaryl/α,β-unsaturated/α-hetero) is 1. The Morgan fingerprint density at radius 1 is 1.30 bits per heavy atom. The summed E-state index contributed by atoms with van der Waals surface area (Å²) in [4.78, 5) is 19.2. The van der Waals surface area contributed by atoms with Crippen LogP contribution in [0.25, 0.3) is 5.52 Å². The van der Waals surface area contributed by atoms with Gasteiger partial charge in [-0.2, -0.15) is 0 Å². The molecule has 2 heterocycles. The third-order valence-electron chi connectivity index (χ3n) is 5.16. The molecule has 0 spiro atoms. The van der Waals surface area contributed by atoms with Crippen LogP contribution in [0.15, 0.2) is 51.8 Å². The molecule has 2 aromatic heterocycles. The molecule has 0 aromatic carbocycles. The highest BCUT2D eigenvalue weighted by atomic mass is 35.5. The maximum absolute atomic E-state index is 12.0. The molecule has 3 N–H and O–H groups in total. The topological polar surface area (TPSA) is 88.0 Å². The number of hydrogen-bond acceptors (Lipinski definition) is 6. The highest BCUT2D eigenvalue weighted by Gasteiger charge is 2.23. The normalized spacial score (nSPS) is 16.1. The van der Waals surface area contributed by atoms with Gasteiger partial charge in [0.15, 0.2) is 5.82 Å². The van der Waals surface area contributed by atoms with Crippen LogP contribution in [0.4, 0.5) is 11.5 Å². The lowest BCUT2D eigenvalue weighted by molar-refractivity contribution is -0.111. The van der Waals surface area contributed by atoms with Crippen molar-refractivity contribution in [2.45, 2.75) is 33.6 Å². The fourth-order valence-electron chi connectivity index (χ4n) is 3.33. The second-order valence-electron chi connectivity index (χ2n) is 7.32. The van der Waals surface area contributed by atoms with E-state index in [1.54, 1.807) is 17.5 Å². The lowest BCUT2D eigenvalue weighted by Crippen LogP contribution is -2.30. The van der Waals surface area contributed by atoms with Crippen LogP contribution in [-0.4, -0.2) is 52.2 Å². The molecule has 1 aliphatic rings.